The molecule has 0 saturated carbocycles. The predicted molar refractivity (Wildman–Crippen MR) is 127 cm³/mol. The van der Waals surface area contributed by atoms with E-state index in [1.165, 1.54) is 17.0 Å². The molecule has 31 heavy (non-hydrogen) atoms. The molecule has 0 bridgehead atoms. The first kappa shape index (κ1) is 21.1. The molecule has 2 atom stereocenters. The molecule has 0 aliphatic carbocycles. The number of pyridine rings is 1. The fourth-order valence-corrected chi connectivity index (χ4v) is 4.47. The first-order chi connectivity index (χ1) is 15.0. The van der Waals surface area contributed by atoms with Crippen LogP contribution in [0.3, 0.4) is 0 Å². The van der Waals surface area contributed by atoms with Crippen molar-refractivity contribution in [2.75, 3.05) is 11.9 Å². The van der Waals surface area contributed by atoms with E-state index in [0.717, 1.165) is 11.4 Å². The van der Waals surface area contributed by atoms with Gasteiger partial charge in [0.1, 0.15) is 0 Å². The van der Waals surface area contributed by atoms with Gasteiger partial charge in [-0.05, 0) is 62.0 Å². The Morgan fingerprint density at radius 3 is 2.55 bits per heavy atom. The summed E-state index contributed by atoms with van der Waals surface area (Å²) < 4.78 is 2.19. The molecule has 1 aliphatic heterocycles. The predicted octanol–water partition coefficient (Wildman–Crippen LogP) is 4.04. The van der Waals surface area contributed by atoms with Gasteiger partial charge in [-0.3, -0.25) is 9.78 Å². The monoisotopic (exact) mass is 433 g/mol. The van der Waals surface area contributed by atoms with Crippen LogP contribution in [0.15, 0.2) is 60.8 Å². The summed E-state index contributed by atoms with van der Waals surface area (Å²) >= 11 is 5.71. The molecule has 3 aromatic rings. The van der Waals surface area contributed by atoms with Crippen molar-refractivity contribution < 1.29 is 4.79 Å². The maximum atomic E-state index is 12.6. The molecular formula is C24H27N5OS. The average Bonchev–Trinajstić information content (AvgIpc) is 3.24. The van der Waals surface area contributed by atoms with E-state index in [9.17, 15) is 4.79 Å². The Morgan fingerprint density at radius 2 is 1.90 bits per heavy atom. The minimum absolute atomic E-state index is 0.0324. The summed E-state index contributed by atoms with van der Waals surface area (Å²) in [5, 5.41) is 7.06. The van der Waals surface area contributed by atoms with Crippen LogP contribution >= 0.6 is 12.2 Å². The Kier molecular flexibility index (Phi) is 6.04. The summed E-state index contributed by atoms with van der Waals surface area (Å²) in [6.07, 6.45) is 2.14. The second-order valence-electron chi connectivity index (χ2n) is 7.87. The number of carbonyl (C=O) groups excluding carboxylic acids is 1. The lowest BCUT2D eigenvalue weighted by molar-refractivity contribution is -0.116. The molecule has 4 rings (SSSR count). The van der Waals surface area contributed by atoms with Crippen molar-refractivity contribution in [3.8, 4) is 0 Å². The van der Waals surface area contributed by atoms with Gasteiger partial charge in [0.05, 0.1) is 17.8 Å². The van der Waals surface area contributed by atoms with Crippen LogP contribution in [0.4, 0.5) is 5.69 Å². The van der Waals surface area contributed by atoms with Crippen LogP contribution in [0.2, 0.25) is 0 Å². The van der Waals surface area contributed by atoms with Gasteiger partial charge in [0, 0.05) is 43.3 Å². The van der Waals surface area contributed by atoms with Crippen LogP contribution in [-0.4, -0.2) is 32.0 Å². The van der Waals surface area contributed by atoms with Crippen LogP contribution in [0.25, 0.3) is 0 Å². The molecule has 1 fully saturated rings. The normalized spacial score (nSPS) is 18.2. The zero-order valence-corrected chi connectivity index (χ0v) is 18.8. The number of nitrogens with one attached hydrogen (secondary N) is 2. The molecule has 1 amide bonds. The van der Waals surface area contributed by atoms with Gasteiger partial charge in [-0.15, -0.1) is 0 Å². The van der Waals surface area contributed by atoms with E-state index in [1.54, 1.807) is 6.20 Å². The van der Waals surface area contributed by atoms with Crippen LogP contribution in [0.1, 0.15) is 41.1 Å². The highest BCUT2D eigenvalue weighted by Crippen LogP contribution is 2.40. The van der Waals surface area contributed by atoms with Gasteiger partial charge in [0.25, 0.3) is 0 Å². The first-order valence-corrected chi connectivity index (χ1v) is 10.8. The molecule has 0 unspecified atom stereocenters. The van der Waals surface area contributed by atoms with E-state index >= 15 is 0 Å². The fourth-order valence-electron chi connectivity index (χ4n) is 4.14. The average molecular weight is 434 g/mol. The summed E-state index contributed by atoms with van der Waals surface area (Å²) in [7, 11) is 2.07. The molecule has 1 aliphatic rings. The highest BCUT2D eigenvalue weighted by atomic mass is 32.1. The van der Waals surface area contributed by atoms with E-state index < -0.39 is 0 Å². The van der Waals surface area contributed by atoms with Crippen molar-refractivity contribution in [1.29, 1.82) is 0 Å². The molecule has 1 aromatic carbocycles. The first-order valence-electron chi connectivity index (χ1n) is 10.4. The molecule has 0 radical (unpaired) electrons. The number of carbonyl (C=O) groups is 1. The van der Waals surface area contributed by atoms with Gasteiger partial charge in [0.2, 0.25) is 5.91 Å². The van der Waals surface area contributed by atoms with Crippen molar-refractivity contribution in [1.82, 2.24) is 19.8 Å². The number of thiocarbonyl (C=S) groups is 1. The highest BCUT2D eigenvalue weighted by Gasteiger charge is 2.41. The third-order valence-corrected chi connectivity index (χ3v) is 6.32. The Bertz CT molecular complexity index is 1080. The quantitative estimate of drug-likeness (QED) is 0.575. The third kappa shape index (κ3) is 4.32. The summed E-state index contributed by atoms with van der Waals surface area (Å²) in [5.41, 5.74) is 5.31. The second-order valence-corrected chi connectivity index (χ2v) is 8.26. The molecule has 7 heteroatoms. The Hall–Kier alpha value is -3.19. The molecule has 3 heterocycles. The van der Waals surface area contributed by atoms with Crippen molar-refractivity contribution in [3.05, 3.63) is 83.4 Å². The molecule has 160 valence electrons. The third-order valence-electron chi connectivity index (χ3n) is 5.97. The number of benzene rings is 1. The van der Waals surface area contributed by atoms with Gasteiger partial charge in [-0.1, -0.05) is 24.3 Å². The molecule has 6 nitrogen and oxygen atoms in total. The summed E-state index contributed by atoms with van der Waals surface area (Å²) in [6.45, 7) is 4.75. The summed E-state index contributed by atoms with van der Waals surface area (Å²) in [5.74, 6) is -0.0324. The maximum Gasteiger partial charge on any atom is 0.226 e. The maximum absolute atomic E-state index is 12.6. The van der Waals surface area contributed by atoms with Gasteiger partial charge in [-0.25, -0.2) is 0 Å². The van der Waals surface area contributed by atoms with Crippen LogP contribution in [0, 0.1) is 13.8 Å². The van der Waals surface area contributed by atoms with Gasteiger partial charge >= 0.3 is 0 Å². The number of aryl methyl sites for hydroxylation is 1. The van der Waals surface area contributed by atoms with Crippen molar-refractivity contribution in [2.24, 2.45) is 7.05 Å². The molecule has 2 N–H and O–H groups in total. The zero-order chi connectivity index (χ0) is 22.0. The number of nitrogens with zero attached hydrogens (tertiary/aromatic N) is 3. The van der Waals surface area contributed by atoms with Gasteiger partial charge < -0.3 is 20.1 Å². The van der Waals surface area contributed by atoms with Gasteiger partial charge in [0.15, 0.2) is 5.11 Å². The van der Waals surface area contributed by atoms with Crippen LogP contribution in [0.5, 0.6) is 0 Å². The van der Waals surface area contributed by atoms with E-state index in [-0.39, 0.29) is 18.0 Å². The van der Waals surface area contributed by atoms with E-state index in [0.29, 0.717) is 18.1 Å². The van der Waals surface area contributed by atoms with E-state index in [4.69, 9.17) is 12.2 Å². The lowest BCUT2D eigenvalue weighted by atomic mass is 9.96. The molecule has 2 aromatic heterocycles. The van der Waals surface area contributed by atoms with E-state index in [2.05, 4.69) is 52.0 Å². The smallest absolute Gasteiger partial charge is 0.226 e. The molecule has 1 saturated heterocycles. The number of aromatic nitrogens is 2. The Labute approximate surface area is 188 Å². The zero-order valence-electron chi connectivity index (χ0n) is 18.0. The molecular weight excluding hydrogens is 406 g/mol. The SMILES string of the molecule is Cc1cc([C@@H]2[C@H](c3ccccn3)NC(=S)N2CCC(=O)Nc2ccccc2)c(C)n1C. The van der Waals surface area contributed by atoms with Crippen molar-refractivity contribution >= 4 is 28.9 Å². The van der Waals surface area contributed by atoms with Crippen LogP contribution < -0.4 is 10.6 Å². The topological polar surface area (TPSA) is 62.2 Å². The number of para-hydroxylation sites is 1. The number of anilines is 1. The number of hydrogen-bond donors (Lipinski definition) is 2. The summed E-state index contributed by atoms with van der Waals surface area (Å²) in [6, 6.07) is 17.5. The number of rotatable bonds is 6. The minimum atomic E-state index is -0.0774. The number of amides is 1. The fraction of sp³-hybridized carbons (Fsp3) is 0.292. The van der Waals surface area contributed by atoms with Crippen LogP contribution in [-0.2, 0) is 11.8 Å². The standard InChI is InChI=1S/C24H27N5OS/c1-16-15-19(17(2)28(16)3)23-22(20-11-7-8-13-25-20)27-24(31)29(23)14-12-21(30)26-18-9-5-4-6-10-18/h4-11,13,15,22-23H,12,14H2,1-3H3,(H,26,30)(H,27,31)/t22-,23+/m0/s1. The van der Waals surface area contributed by atoms with Gasteiger partial charge in [-0.2, -0.15) is 0 Å². The largest absolute Gasteiger partial charge is 0.352 e. The van der Waals surface area contributed by atoms with Crippen molar-refractivity contribution in [3.63, 3.8) is 0 Å². The Morgan fingerprint density at radius 1 is 1.16 bits per heavy atom. The Balaban J connectivity index is 1.59. The van der Waals surface area contributed by atoms with Crippen molar-refractivity contribution in [2.45, 2.75) is 32.4 Å². The molecule has 0 spiro atoms. The van der Waals surface area contributed by atoms with E-state index in [1.807, 2.05) is 48.5 Å². The summed E-state index contributed by atoms with van der Waals surface area (Å²) in [4.78, 5) is 19.3. The number of hydrogen-bond acceptors (Lipinski definition) is 3. The minimum Gasteiger partial charge on any atom is -0.352 e. The second kappa shape index (κ2) is 8.89. The highest BCUT2D eigenvalue weighted by molar-refractivity contribution is 7.80. The lowest BCUT2D eigenvalue weighted by Gasteiger charge is -2.28. The lowest BCUT2D eigenvalue weighted by Crippen LogP contribution is -2.32.